The minimum Gasteiger partial charge on any atom is -0.457 e. The van der Waals surface area contributed by atoms with Gasteiger partial charge in [-0.3, -0.25) is 0 Å². The lowest BCUT2D eigenvalue weighted by atomic mass is 10.1. The van der Waals surface area contributed by atoms with E-state index in [0.717, 1.165) is 15.6 Å². The van der Waals surface area contributed by atoms with E-state index in [0.29, 0.717) is 11.3 Å². The van der Waals surface area contributed by atoms with E-state index in [1.165, 1.54) is 0 Å². The number of anilines is 1. The summed E-state index contributed by atoms with van der Waals surface area (Å²) in [6.45, 7) is 2.06. The molecule has 19 heavy (non-hydrogen) atoms. The van der Waals surface area contributed by atoms with E-state index in [1.807, 2.05) is 31.2 Å². The molecule has 0 atom stereocenters. The lowest BCUT2D eigenvalue weighted by Crippen LogP contribution is -2.08. The van der Waals surface area contributed by atoms with Crippen LogP contribution < -0.4 is 5.73 Å². The van der Waals surface area contributed by atoms with E-state index < -0.39 is 0 Å². The highest BCUT2D eigenvalue weighted by molar-refractivity contribution is 9.10. The van der Waals surface area contributed by atoms with Crippen molar-refractivity contribution in [2.24, 2.45) is 0 Å². The van der Waals surface area contributed by atoms with Crippen molar-refractivity contribution >= 4 is 27.6 Å². The average Bonchev–Trinajstić information content (AvgIpc) is 2.41. The Kier molecular flexibility index (Phi) is 4.22. The molecule has 0 aromatic heterocycles. The zero-order chi connectivity index (χ0) is 13.8. The first-order chi connectivity index (χ1) is 9.08. The van der Waals surface area contributed by atoms with Gasteiger partial charge in [0.2, 0.25) is 0 Å². The highest BCUT2D eigenvalue weighted by atomic mass is 79.9. The summed E-state index contributed by atoms with van der Waals surface area (Å²) in [6.07, 6.45) is 0. The Bertz CT molecular complexity index is 594. The van der Waals surface area contributed by atoms with Crippen LogP contribution in [0.1, 0.15) is 21.5 Å². The second kappa shape index (κ2) is 5.89. The molecule has 2 N–H and O–H groups in total. The SMILES string of the molecule is Cc1c(N)cccc1C(=O)OCc1ccc(Br)cc1. The van der Waals surface area contributed by atoms with E-state index in [-0.39, 0.29) is 12.6 Å². The number of carbonyl (C=O) groups is 1. The quantitative estimate of drug-likeness (QED) is 0.693. The number of benzene rings is 2. The van der Waals surface area contributed by atoms with Gasteiger partial charge in [-0.1, -0.05) is 34.1 Å². The van der Waals surface area contributed by atoms with Gasteiger partial charge in [0.05, 0.1) is 5.56 Å². The number of esters is 1. The number of hydrogen-bond acceptors (Lipinski definition) is 3. The van der Waals surface area contributed by atoms with Gasteiger partial charge in [-0.05, 0) is 42.3 Å². The summed E-state index contributed by atoms with van der Waals surface area (Å²) >= 11 is 3.36. The predicted molar refractivity (Wildman–Crippen MR) is 78.9 cm³/mol. The summed E-state index contributed by atoms with van der Waals surface area (Å²) in [5.41, 5.74) is 8.57. The molecule has 0 saturated heterocycles. The van der Waals surface area contributed by atoms with Gasteiger partial charge < -0.3 is 10.5 Å². The lowest BCUT2D eigenvalue weighted by molar-refractivity contribution is 0.0472. The van der Waals surface area contributed by atoms with Crippen LogP contribution in [0.4, 0.5) is 5.69 Å². The van der Waals surface area contributed by atoms with Gasteiger partial charge in [0.15, 0.2) is 0 Å². The molecular weight excluding hydrogens is 306 g/mol. The third kappa shape index (κ3) is 3.35. The van der Waals surface area contributed by atoms with Gasteiger partial charge in [-0.15, -0.1) is 0 Å². The highest BCUT2D eigenvalue weighted by Crippen LogP contribution is 2.17. The molecule has 2 aromatic rings. The van der Waals surface area contributed by atoms with Crippen molar-refractivity contribution in [2.45, 2.75) is 13.5 Å². The fourth-order valence-corrected chi connectivity index (χ4v) is 1.95. The van der Waals surface area contributed by atoms with Crippen LogP contribution in [0.25, 0.3) is 0 Å². The topological polar surface area (TPSA) is 52.3 Å². The minimum atomic E-state index is -0.354. The smallest absolute Gasteiger partial charge is 0.338 e. The third-order valence-corrected chi connectivity index (χ3v) is 3.41. The maximum atomic E-state index is 12.0. The molecule has 0 unspecified atom stereocenters. The van der Waals surface area contributed by atoms with Gasteiger partial charge in [0.25, 0.3) is 0 Å². The van der Waals surface area contributed by atoms with Gasteiger partial charge in [0, 0.05) is 10.2 Å². The zero-order valence-corrected chi connectivity index (χ0v) is 12.1. The van der Waals surface area contributed by atoms with Crippen LogP contribution >= 0.6 is 15.9 Å². The Morgan fingerprint density at radius 1 is 1.21 bits per heavy atom. The van der Waals surface area contributed by atoms with E-state index in [1.54, 1.807) is 18.2 Å². The second-order valence-corrected chi connectivity index (χ2v) is 5.14. The molecule has 2 rings (SSSR count). The van der Waals surface area contributed by atoms with Crippen LogP contribution in [0.2, 0.25) is 0 Å². The van der Waals surface area contributed by atoms with Crippen molar-refractivity contribution in [3.8, 4) is 0 Å². The van der Waals surface area contributed by atoms with Crippen molar-refractivity contribution in [3.05, 3.63) is 63.6 Å². The van der Waals surface area contributed by atoms with Crippen LogP contribution in [0.15, 0.2) is 46.9 Å². The standard InChI is InChI=1S/C15H14BrNO2/c1-10-13(3-2-4-14(10)17)15(18)19-9-11-5-7-12(16)8-6-11/h2-8H,9,17H2,1H3. The van der Waals surface area contributed by atoms with Crippen LogP contribution in [-0.4, -0.2) is 5.97 Å². The number of hydrogen-bond donors (Lipinski definition) is 1. The number of ether oxygens (including phenoxy) is 1. The molecule has 3 nitrogen and oxygen atoms in total. The molecule has 0 saturated carbocycles. The Morgan fingerprint density at radius 3 is 2.58 bits per heavy atom. The Morgan fingerprint density at radius 2 is 1.89 bits per heavy atom. The number of nitrogen functional groups attached to an aromatic ring is 1. The summed E-state index contributed by atoms with van der Waals surface area (Å²) in [4.78, 5) is 12.0. The molecule has 0 spiro atoms. The fourth-order valence-electron chi connectivity index (χ4n) is 1.68. The molecule has 0 amide bonds. The molecular formula is C15H14BrNO2. The van der Waals surface area contributed by atoms with Crippen molar-refractivity contribution < 1.29 is 9.53 Å². The van der Waals surface area contributed by atoms with Crippen LogP contribution in [0, 0.1) is 6.92 Å². The molecule has 0 fully saturated rings. The molecule has 98 valence electrons. The first-order valence-electron chi connectivity index (χ1n) is 5.84. The summed E-state index contributed by atoms with van der Waals surface area (Å²) < 4.78 is 6.27. The van der Waals surface area contributed by atoms with E-state index >= 15 is 0 Å². The van der Waals surface area contributed by atoms with Crippen LogP contribution in [-0.2, 0) is 11.3 Å². The van der Waals surface area contributed by atoms with Crippen molar-refractivity contribution in [1.29, 1.82) is 0 Å². The van der Waals surface area contributed by atoms with Gasteiger partial charge >= 0.3 is 5.97 Å². The molecule has 0 radical (unpaired) electrons. The molecule has 0 aliphatic rings. The van der Waals surface area contributed by atoms with Crippen molar-refractivity contribution in [1.82, 2.24) is 0 Å². The van der Waals surface area contributed by atoms with E-state index in [9.17, 15) is 4.79 Å². The monoisotopic (exact) mass is 319 g/mol. The van der Waals surface area contributed by atoms with Gasteiger partial charge in [-0.2, -0.15) is 0 Å². The maximum Gasteiger partial charge on any atom is 0.338 e. The first kappa shape index (κ1) is 13.6. The number of halogens is 1. The highest BCUT2D eigenvalue weighted by Gasteiger charge is 2.11. The molecule has 0 heterocycles. The van der Waals surface area contributed by atoms with Crippen molar-refractivity contribution in [3.63, 3.8) is 0 Å². The molecule has 0 aliphatic heterocycles. The summed E-state index contributed by atoms with van der Waals surface area (Å²) in [5, 5.41) is 0. The predicted octanol–water partition coefficient (Wildman–Crippen LogP) is 3.70. The first-order valence-corrected chi connectivity index (χ1v) is 6.64. The fraction of sp³-hybridized carbons (Fsp3) is 0.133. The van der Waals surface area contributed by atoms with Crippen LogP contribution in [0.5, 0.6) is 0 Å². The summed E-state index contributed by atoms with van der Waals surface area (Å²) in [6, 6.07) is 12.9. The Labute approximate surface area is 120 Å². The second-order valence-electron chi connectivity index (χ2n) is 4.22. The van der Waals surface area contributed by atoms with Crippen molar-refractivity contribution in [2.75, 3.05) is 5.73 Å². The minimum absolute atomic E-state index is 0.250. The Hall–Kier alpha value is -1.81. The largest absolute Gasteiger partial charge is 0.457 e. The molecule has 0 bridgehead atoms. The molecule has 4 heteroatoms. The summed E-state index contributed by atoms with van der Waals surface area (Å²) in [7, 11) is 0. The van der Waals surface area contributed by atoms with Gasteiger partial charge in [-0.25, -0.2) is 4.79 Å². The number of nitrogens with two attached hydrogens (primary N) is 1. The van der Waals surface area contributed by atoms with Crippen LogP contribution in [0.3, 0.4) is 0 Å². The Balaban J connectivity index is 2.05. The van der Waals surface area contributed by atoms with E-state index in [2.05, 4.69) is 15.9 Å². The maximum absolute atomic E-state index is 12.0. The van der Waals surface area contributed by atoms with Gasteiger partial charge in [0.1, 0.15) is 6.61 Å². The molecule has 2 aromatic carbocycles. The normalized spacial score (nSPS) is 10.2. The third-order valence-electron chi connectivity index (χ3n) is 2.88. The summed E-state index contributed by atoms with van der Waals surface area (Å²) in [5.74, 6) is -0.354. The van der Waals surface area contributed by atoms with E-state index in [4.69, 9.17) is 10.5 Å². The molecule has 0 aliphatic carbocycles. The number of carbonyl (C=O) groups excluding carboxylic acids is 1. The number of rotatable bonds is 3. The zero-order valence-electron chi connectivity index (χ0n) is 10.5. The average molecular weight is 320 g/mol. The lowest BCUT2D eigenvalue weighted by Gasteiger charge is -2.08.